The molecule has 0 spiro atoms. The fourth-order valence-electron chi connectivity index (χ4n) is 1.33. The molecule has 15 heavy (non-hydrogen) atoms. The molecule has 0 amide bonds. The Morgan fingerprint density at radius 1 is 1.33 bits per heavy atom. The van der Waals surface area contributed by atoms with Crippen LogP contribution in [0.2, 0.25) is 0 Å². The first-order valence-corrected chi connectivity index (χ1v) is 6.63. The molecule has 0 aromatic carbocycles. The molecule has 0 radical (unpaired) electrons. The summed E-state index contributed by atoms with van der Waals surface area (Å²) < 4.78 is 0. The molecule has 84 valence electrons. The number of pyridine rings is 1. The average Bonchev–Trinajstić information content (AvgIpc) is 2.13. The quantitative estimate of drug-likeness (QED) is 0.722. The number of nitrogens with zero attached hydrogens (tertiary/aromatic N) is 1. The number of hydrogen-bond donors (Lipinski definition) is 0. The summed E-state index contributed by atoms with van der Waals surface area (Å²) in [6.45, 7) is 8.99. The molecule has 1 heterocycles. The number of rotatable bonds is 4. The van der Waals surface area contributed by atoms with Crippen LogP contribution in [0, 0.1) is 12.3 Å². The molecule has 0 saturated carbocycles. The Bertz CT molecular complexity index is 302. The normalized spacial score (nSPS) is 11.7. The highest BCUT2D eigenvalue weighted by Gasteiger charge is 2.09. The van der Waals surface area contributed by atoms with E-state index in [2.05, 4.69) is 38.7 Å². The Labute approximate surface area is 97.7 Å². The molecule has 0 bridgehead atoms. The summed E-state index contributed by atoms with van der Waals surface area (Å²) in [5, 5.41) is 0. The van der Waals surface area contributed by atoms with Crippen LogP contribution in [0.3, 0.4) is 0 Å². The first kappa shape index (κ1) is 12.6. The van der Waals surface area contributed by atoms with Crippen LogP contribution >= 0.6 is 11.8 Å². The van der Waals surface area contributed by atoms with E-state index in [1.165, 1.54) is 22.8 Å². The van der Waals surface area contributed by atoms with Gasteiger partial charge in [0.25, 0.3) is 0 Å². The Hall–Kier alpha value is -0.500. The first-order valence-electron chi connectivity index (χ1n) is 5.47. The average molecular weight is 223 g/mol. The van der Waals surface area contributed by atoms with Crippen molar-refractivity contribution in [3.8, 4) is 0 Å². The summed E-state index contributed by atoms with van der Waals surface area (Å²) in [5.41, 5.74) is 3.00. The molecule has 1 nitrogen and oxygen atoms in total. The van der Waals surface area contributed by atoms with Crippen LogP contribution in [0.1, 0.15) is 32.0 Å². The van der Waals surface area contributed by atoms with Gasteiger partial charge in [-0.05, 0) is 41.9 Å². The Morgan fingerprint density at radius 2 is 2.07 bits per heavy atom. The third kappa shape index (κ3) is 5.22. The van der Waals surface area contributed by atoms with E-state index < -0.39 is 0 Å². The Balaban J connectivity index is 2.30. The Morgan fingerprint density at radius 3 is 2.67 bits per heavy atom. The molecule has 0 N–H and O–H groups in total. The fraction of sp³-hybridized carbons (Fsp3) is 0.615. The highest BCUT2D eigenvalue weighted by atomic mass is 32.2. The minimum absolute atomic E-state index is 0.434. The van der Waals surface area contributed by atoms with Crippen molar-refractivity contribution in [3.05, 3.63) is 29.6 Å². The fourth-order valence-corrected chi connectivity index (χ4v) is 2.42. The van der Waals surface area contributed by atoms with Gasteiger partial charge < -0.3 is 0 Å². The van der Waals surface area contributed by atoms with Crippen molar-refractivity contribution in [3.63, 3.8) is 0 Å². The topological polar surface area (TPSA) is 12.9 Å². The minimum Gasteiger partial charge on any atom is -0.261 e. The molecule has 0 atom stereocenters. The second-order valence-electron chi connectivity index (χ2n) is 5.13. The highest BCUT2D eigenvalue weighted by Crippen LogP contribution is 2.21. The molecule has 0 aliphatic heterocycles. The summed E-state index contributed by atoms with van der Waals surface area (Å²) >= 11 is 2.02. The lowest BCUT2D eigenvalue weighted by Gasteiger charge is -2.17. The zero-order chi connectivity index (χ0) is 11.3. The molecule has 0 unspecified atom stereocenters. The monoisotopic (exact) mass is 223 g/mol. The number of aryl methyl sites for hydroxylation is 2. The molecular weight excluding hydrogens is 202 g/mol. The maximum Gasteiger partial charge on any atom is 0.0440 e. The molecule has 0 fully saturated rings. The predicted molar refractivity (Wildman–Crippen MR) is 69.5 cm³/mol. The standard InChI is InChI=1S/C13H21NS/c1-11-6-5-8-14-12(11)7-9-15-10-13(2,3)4/h5-6,8H,7,9-10H2,1-4H3. The van der Waals surface area contributed by atoms with Crippen LogP contribution in [0.15, 0.2) is 18.3 Å². The first-order chi connectivity index (χ1) is 6.99. The van der Waals surface area contributed by atoms with E-state index in [1.807, 2.05) is 24.0 Å². The van der Waals surface area contributed by atoms with Gasteiger partial charge in [0.15, 0.2) is 0 Å². The van der Waals surface area contributed by atoms with Gasteiger partial charge in [0.1, 0.15) is 0 Å². The zero-order valence-corrected chi connectivity index (χ0v) is 11.0. The van der Waals surface area contributed by atoms with Crippen molar-refractivity contribution >= 4 is 11.8 Å². The van der Waals surface area contributed by atoms with Crippen molar-refractivity contribution in [1.82, 2.24) is 4.98 Å². The third-order valence-corrected chi connectivity index (χ3v) is 3.70. The van der Waals surface area contributed by atoms with Gasteiger partial charge in [-0.2, -0.15) is 11.8 Å². The largest absolute Gasteiger partial charge is 0.261 e. The van der Waals surface area contributed by atoms with Gasteiger partial charge in [0, 0.05) is 11.9 Å². The van der Waals surface area contributed by atoms with Crippen molar-refractivity contribution in [2.24, 2.45) is 5.41 Å². The van der Waals surface area contributed by atoms with E-state index in [1.54, 1.807) is 0 Å². The highest BCUT2D eigenvalue weighted by molar-refractivity contribution is 7.99. The lowest BCUT2D eigenvalue weighted by Crippen LogP contribution is -2.09. The van der Waals surface area contributed by atoms with E-state index in [4.69, 9.17) is 0 Å². The summed E-state index contributed by atoms with van der Waals surface area (Å²) in [6, 6.07) is 4.14. The van der Waals surface area contributed by atoms with Crippen LogP contribution in [0.4, 0.5) is 0 Å². The van der Waals surface area contributed by atoms with E-state index in [-0.39, 0.29) is 0 Å². The molecule has 2 heteroatoms. The minimum atomic E-state index is 0.434. The molecular formula is C13H21NS. The second kappa shape index (κ2) is 5.55. The molecule has 1 aromatic rings. The van der Waals surface area contributed by atoms with Crippen LogP contribution in [0.25, 0.3) is 0 Å². The number of thioether (sulfide) groups is 1. The van der Waals surface area contributed by atoms with Gasteiger partial charge in [-0.25, -0.2) is 0 Å². The van der Waals surface area contributed by atoms with Crippen molar-refractivity contribution in [2.75, 3.05) is 11.5 Å². The summed E-state index contributed by atoms with van der Waals surface area (Å²) in [6.07, 6.45) is 2.98. The summed E-state index contributed by atoms with van der Waals surface area (Å²) in [4.78, 5) is 4.40. The van der Waals surface area contributed by atoms with E-state index in [9.17, 15) is 0 Å². The second-order valence-corrected chi connectivity index (χ2v) is 6.24. The summed E-state index contributed by atoms with van der Waals surface area (Å²) in [7, 11) is 0. The van der Waals surface area contributed by atoms with Crippen LogP contribution in [-0.2, 0) is 6.42 Å². The lowest BCUT2D eigenvalue weighted by atomic mass is 10.0. The third-order valence-electron chi connectivity index (χ3n) is 2.14. The number of aromatic nitrogens is 1. The smallest absolute Gasteiger partial charge is 0.0440 e. The van der Waals surface area contributed by atoms with E-state index in [0.717, 1.165) is 6.42 Å². The van der Waals surface area contributed by atoms with Gasteiger partial charge in [0.2, 0.25) is 0 Å². The molecule has 1 rings (SSSR count). The van der Waals surface area contributed by atoms with Gasteiger partial charge in [-0.3, -0.25) is 4.98 Å². The summed E-state index contributed by atoms with van der Waals surface area (Å²) in [5.74, 6) is 2.40. The van der Waals surface area contributed by atoms with Gasteiger partial charge in [-0.15, -0.1) is 0 Å². The zero-order valence-electron chi connectivity index (χ0n) is 10.2. The molecule has 0 aliphatic rings. The van der Waals surface area contributed by atoms with E-state index in [0.29, 0.717) is 5.41 Å². The lowest BCUT2D eigenvalue weighted by molar-refractivity contribution is 0.481. The van der Waals surface area contributed by atoms with Gasteiger partial charge in [-0.1, -0.05) is 26.8 Å². The maximum atomic E-state index is 4.40. The SMILES string of the molecule is Cc1cccnc1CCSCC(C)(C)C. The predicted octanol–water partition coefficient (Wildman–Crippen LogP) is 3.71. The van der Waals surface area contributed by atoms with E-state index >= 15 is 0 Å². The van der Waals surface area contributed by atoms with Crippen molar-refractivity contribution < 1.29 is 0 Å². The van der Waals surface area contributed by atoms with Crippen LogP contribution in [-0.4, -0.2) is 16.5 Å². The van der Waals surface area contributed by atoms with Crippen LogP contribution in [0.5, 0.6) is 0 Å². The van der Waals surface area contributed by atoms with Crippen LogP contribution < -0.4 is 0 Å². The van der Waals surface area contributed by atoms with Crippen molar-refractivity contribution in [2.45, 2.75) is 34.1 Å². The molecule has 0 saturated heterocycles. The van der Waals surface area contributed by atoms with Crippen molar-refractivity contribution in [1.29, 1.82) is 0 Å². The maximum absolute atomic E-state index is 4.40. The molecule has 1 aromatic heterocycles. The van der Waals surface area contributed by atoms with Gasteiger partial charge >= 0.3 is 0 Å². The van der Waals surface area contributed by atoms with Gasteiger partial charge in [0.05, 0.1) is 0 Å². The Kier molecular flexibility index (Phi) is 4.65. The molecule has 0 aliphatic carbocycles. The number of hydrogen-bond acceptors (Lipinski definition) is 2.